The van der Waals surface area contributed by atoms with Gasteiger partial charge in [0.05, 0.1) is 11.2 Å². The summed E-state index contributed by atoms with van der Waals surface area (Å²) in [6, 6.07) is 67.9. The van der Waals surface area contributed by atoms with Crippen molar-refractivity contribution in [3.8, 4) is 55.8 Å². The lowest BCUT2D eigenvalue weighted by molar-refractivity contribution is 1.43. The van der Waals surface area contributed by atoms with E-state index in [-0.39, 0.29) is 0 Å². The van der Waals surface area contributed by atoms with Crippen LogP contribution in [0.2, 0.25) is 0 Å². The molecule has 1 nitrogen and oxygen atoms in total. The second-order valence-electron chi connectivity index (χ2n) is 13.1. The summed E-state index contributed by atoms with van der Waals surface area (Å²) >= 11 is 1.89. The van der Waals surface area contributed by atoms with Crippen LogP contribution in [0.5, 0.6) is 0 Å². The SMILES string of the molecule is c1ccc(-c2cc(-c3ccccc3)cc(-c3ccc(-c4cccc5c4sc4ccc6c(-c7ccccc7)nc7ccccc7c6c45)cc3)c2)cc1. The molecule has 0 unspecified atom stereocenters. The molecule has 238 valence electrons. The van der Waals surface area contributed by atoms with E-state index in [0.29, 0.717) is 0 Å². The molecule has 10 rings (SSSR count). The number of rotatable bonds is 5. The zero-order valence-corrected chi connectivity index (χ0v) is 28.6. The van der Waals surface area contributed by atoms with Gasteiger partial charge in [-0.3, -0.25) is 0 Å². The highest BCUT2D eigenvalue weighted by molar-refractivity contribution is 7.26. The van der Waals surface area contributed by atoms with Gasteiger partial charge in [-0.15, -0.1) is 11.3 Å². The van der Waals surface area contributed by atoms with Crippen molar-refractivity contribution in [1.29, 1.82) is 0 Å². The Balaban J connectivity index is 1.12. The van der Waals surface area contributed by atoms with Crippen molar-refractivity contribution in [2.45, 2.75) is 0 Å². The van der Waals surface area contributed by atoms with E-state index in [2.05, 4.69) is 188 Å². The fraction of sp³-hybridized carbons (Fsp3) is 0. The maximum Gasteiger partial charge on any atom is 0.0788 e. The lowest BCUT2D eigenvalue weighted by atomic mass is 9.92. The molecule has 10 aromatic rings. The Morgan fingerprint density at radius 1 is 0.333 bits per heavy atom. The normalized spacial score (nSPS) is 11.5. The Kier molecular flexibility index (Phi) is 7.07. The Morgan fingerprint density at radius 3 is 1.51 bits per heavy atom. The summed E-state index contributed by atoms with van der Waals surface area (Å²) < 4.78 is 2.61. The molecule has 0 amide bonds. The third kappa shape index (κ3) is 5.12. The third-order valence-electron chi connectivity index (χ3n) is 10.0. The average molecular weight is 666 g/mol. The van der Waals surface area contributed by atoms with Gasteiger partial charge in [0.1, 0.15) is 0 Å². The lowest BCUT2D eigenvalue weighted by Gasteiger charge is -2.12. The number of aromatic nitrogens is 1. The van der Waals surface area contributed by atoms with E-state index in [0.717, 1.165) is 16.8 Å². The second-order valence-corrected chi connectivity index (χ2v) is 14.1. The Hall–Kier alpha value is -6.35. The number of nitrogens with zero attached hydrogens (tertiary/aromatic N) is 1. The molecule has 0 spiro atoms. The second kappa shape index (κ2) is 12.2. The van der Waals surface area contributed by atoms with Crippen LogP contribution in [0.25, 0.3) is 97.6 Å². The largest absolute Gasteiger partial charge is 0.247 e. The molecule has 0 saturated carbocycles. The van der Waals surface area contributed by atoms with E-state index in [1.807, 2.05) is 11.3 Å². The van der Waals surface area contributed by atoms with Crippen LogP contribution >= 0.6 is 11.3 Å². The molecule has 2 heterocycles. The minimum absolute atomic E-state index is 1.02. The number of pyridine rings is 1. The van der Waals surface area contributed by atoms with Crippen LogP contribution in [0.1, 0.15) is 0 Å². The van der Waals surface area contributed by atoms with Gasteiger partial charge in [0, 0.05) is 41.9 Å². The maximum absolute atomic E-state index is 5.19. The Morgan fingerprint density at radius 2 is 0.863 bits per heavy atom. The molecule has 0 atom stereocenters. The van der Waals surface area contributed by atoms with Gasteiger partial charge < -0.3 is 0 Å². The maximum atomic E-state index is 5.19. The predicted molar refractivity (Wildman–Crippen MR) is 219 cm³/mol. The van der Waals surface area contributed by atoms with Crippen molar-refractivity contribution in [2.75, 3.05) is 0 Å². The van der Waals surface area contributed by atoms with E-state index in [4.69, 9.17) is 4.98 Å². The van der Waals surface area contributed by atoms with Crippen LogP contribution in [0, 0.1) is 0 Å². The van der Waals surface area contributed by atoms with Crippen LogP contribution in [0.3, 0.4) is 0 Å². The van der Waals surface area contributed by atoms with E-state index in [9.17, 15) is 0 Å². The van der Waals surface area contributed by atoms with Gasteiger partial charge in [0.25, 0.3) is 0 Å². The van der Waals surface area contributed by atoms with Crippen LogP contribution in [0.4, 0.5) is 0 Å². The highest BCUT2D eigenvalue weighted by Gasteiger charge is 2.18. The van der Waals surface area contributed by atoms with Crippen LogP contribution in [-0.4, -0.2) is 4.98 Å². The summed E-state index contributed by atoms with van der Waals surface area (Å²) in [6.45, 7) is 0. The molecule has 0 radical (unpaired) electrons. The fourth-order valence-corrected chi connectivity index (χ4v) is 8.85. The van der Waals surface area contributed by atoms with Crippen molar-refractivity contribution in [2.24, 2.45) is 0 Å². The first-order chi connectivity index (χ1) is 25.3. The molecule has 2 aromatic heterocycles. The summed E-state index contributed by atoms with van der Waals surface area (Å²) in [7, 11) is 0. The number of benzene rings is 8. The molecular formula is C49H31NS. The Bertz CT molecular complexity index is 2810. The van der Waals surface area contributed by atoms with Crippen molar-refractivity contribution >= 4 is 53.2 Å². The van der Waals surface area contributed by atoms with Crippen molar-refractivity contribution in [3.05, 3.63) is 188 Å². The summed E-state index contributed by atoms with van der Waals surface area (Å²) in [5.41, 5.74) is 13.0. The van der Waals surface area contributed by atoms with Crippen LogP contribution < -0.4 is 0 Å². The van der Waals surface area contributed by atoms with Gasteiger partial charge in [0.15, 0.2) is 0 Å². The predicted octanol–water partition coefficient (Wildman–Crippen LogP) is 14.1. The minimum Gasteiger partial charge on any atom is -0.247 e. The van der Waals surface area contributed by atoms with Gasteiger partial charge in [-0.05, 0) is 74.8 Å². The summed E-state index contributed by atoms with van der Waals surface area (Å²) in [5, 5.41) is 6.27. The highest BCUT2D eigenvalue weighted by atomic mass is 32.1. The average Bonchev–Trinajstić information content (AvgIpc) is 3.61. The number of fused-ring (bicyclic) bond motifs is 7. The lowest BCUT2D eigenvalue weighted by Crippen LogP contribution is -1.90. The fourth-order valence-electron chi connectivity index (χ4n) is 7.60. The molecular weight excluding hydrogens is 635 g/mol. The quantitative estimate of drug-likeness (QED) is 0.167. The Labute approximate surface area is 300 Å². The topological polar surface area (TPSA) is 12.9 Å². The van der Waals surface area contributed by atoms with Gasteiger partial charge in [-0.1, -0.05) is 158 Å². The number of para-hydroxylation sites is 1. The molecule has 0 bridgehead atoms. The van der Waals surface area contributed by atoms with Crippen LogP contribution in [0.15, 0.2) is 188 Å². The zero-order valence-electron chi connectivity index (χ0n) is 27.8. The first kappa shape index (κ1) is 29.6. The first-order valence-corrected chi connectivity index (χ1v) is 18.2. The molecule has 0 fully saturated rings. The zero-order chi connectivity index (χ0) is 33.7. The molecule has 51 heavy (non-hydrogen) atoms. The van der Waals surface area contributed by atoms with E-state index >= 15 is 0 Å². The molecule has 8 aromatic carbocycles. The smallest absolute Gasteiger partial charge is 0.0788 e. The first-order valence-electron chi connectivity index (χ1n) is 17.4. The third-order valence-corrected chi connectivity index (χ3v) is 11.3. The molecule has 0 aliphatic carbocycles. The van der Waals surface area contributed by atoms with Gasteiger partial charge in [-0.2, -0.15) is 0 Å². The van der Waals surface area contributed by atoms with Gasteiger partial charge in [0.2, 0.25) is 0 Å². The van der Waals surface area contributed by atoms with Gasteiger partial charge in [-0.25, -0.2) is 4.98 Å². The summed E-state index contributed by atoms with van der Waals surface area (Å²) in [4.78, 5) is 5.19. The van der Waals surface area contributed by atoms with E-state index < -0.39 is 0 Å². The van der Waals surface area contributed by atoms with Gasteiger partial charge >= 0.3 is 0 Å². The highest BCUT2D eigenvalue weighted by Crippen LogP contribution is 2.46. The summed E-state index contributed by atoms with van der Waals surface area (Å²) in [5.74, 6) is 0. The van der Waals surface area contributed by atoms with Crippen molar-refractivity contribution in [3.63, 3.8) is 0 Å². The molecule has 0 N–H and O–H groups in total. The molecule has 0 aliphatic heterocycles. The van der Waals surface area contributed by atoms with Crippen LogP contribution in [-0.2, 0) is 0 Å². The molecule has 0 aliphatic rings. The van der Waals surface area contributed by atoms with Crippen molar-refractivity contribution < 1.29 is 0 Å². The van der Waals surface area contributed by atoms with Crippen molar-refractivity contribution in [1.82, 2.24) is 4.98 Å². The number of hydrogen-bond acceptors (Lipinski definition) is 2. The van der Waals surface area contributed by atoms with E-state index in [1.54, 1.807) is 0 Å². The minimum atomic E-state index is 1.02. The molecule has 0 saturated heterocycles. The number of thiophene rings is 1. The number of hydrogen-bond donors (Lipinski definition) is 0. The summed E-state index contributed by atoms with van der Waals surface area (Å²) in [6.07, 6.45) is 0. The monoisotopic (exact) mass is 665 g/mol. The van der Waals surface area contributed by atoms with E-state index in [1.165, 1.54) is 80.8 Å². The standard InChI is InChI=1S/C49H31NS/c1-4-13-32(14-5-1)37-29-38(33-15-6-2-7-16-33)31-39(30-37)34-23-25-35(26-24-34)40-20-12-21-43-47-45(51-49(40)43)28-27-42-46(47)41-19-10-11-22-44(41)50-48(42)36-17-8-3-9-18-36/h1-31H. The molecule has 2 heteroatoms.